The molecule has 1 heterocycles. The van der Waals surface area contributed by atoms with Gasteiger partial charge in [0.2, 0.25) is 5.69 Å². The lowest BCUT2D eigenvalue weighted by Gasteiger charge is -2.05. The molecule has 0 amide bonds. The summed E-state index contributed by atoms with van der Waals surface area (Å²) in [5, 5.41) is 10.5. The Morgan fingerprint density at radius 3 is 2.59 bits per heavy atom. The third-order valence-electron chi connectivity index (χ3n) is 2.10. The van der Waals surface area contributed by atoms with Gasteiger partial charge in [0.15, 0.2) is 0 Å². The Labute approximate surface area is 94.4 Å². The molecule has 0 aromatic carbocycles. The zero-order chi connectivity index (χ0) is 13.2. The summed E-state index contributed by atoms with van der Waals surface area (Å²) in [6.45, 7) is 1.23. The van der Waals surface area contributed by atoms with Gasteiger partial charge in [0.25, 0.3) is 0 Å². The number of aromatic nitrogens is 1. The maximum atomic E-state index is 12.6. The van der Waals surface area contributed by atoms with Crippen molar-refractivity contribution in [1.29, 1.82) is 0 Å². The number of carbonyl (C=O) groups excluding carboxylic acids is 1. The maximum absolute atomic E-state index is 12.6. The molecule has 6 nitrogen and oxygen atoms in total. The van der Waals surface area contributed by atoms with Crippen LogP contribution in [0.1, 0.15) is 28.0 Å². The third kappa shape index (κ3) is 2.52. The lowest BCUT2D eigenvalue weighted by Crippen LogP contribution is -2.10. The Morgan fingerprint density at radius 1 is 1.59 bits per heavy atom. The first-order chi connectivity index (χ1) is 7.88. The molecule has 0 unspecified atom stereocenters. The van der Waals surface area contributed by atoms with Crippen LogP contribution in [0.4, 0.5) is 14.6 Å². The van der Waals surface area contributed by atoms with Crippen LogP contribution in [0, 0.1) is 17.0 Å². The smallest absolute Gasteiger partial charge is 0.364 e. The number of methoxy groups -OCH3 is 1. The van der Waals surface area contributed by atoms with E-state index in [4.69, 9.17) is 0 Å². The molecule has 17 heavy (non-hydrogen) atoms. The lowest BCUT2D eigenvalue weighted by atomic mass is 10.1. The molecule has 8 heteroatoms. The summed E-state index contributed by atoms with van der Waals surface area (Å²) in [4.78, 5) is 24.0. The molecular formula is C9H8F2N2O4. The summed E-state index contributed by atoms with van der Waals surface area (Å²) in [6.07, 6.45) is -3.00. The normalized spacial score (nSPS) is 10.4. The number of ether oxygens (including phenoxy) is 1. The first-order valence-corrected chi connectivity index (χ1v) is 4.40. The summed E-state index contributed by atoms with van der Waals surface area (Å²) in [5.41, 5.74) is -1.21. The van der Waals surface area contributed by atoms with Gasteiger partial charge in [-0.15, -0.1) is 0 Å². The van der Waals surface area contributed by atoms with Crippen molar-refractivity contribution in [2.45, 2.75) is 13.3 Å². The van der Waals surface area contributed by atoms with Crippen LogP contribution in [0.5, 0.6) is 0 Å². The number of alkyl halides is 2. The number of hydrogen-bond donors (Lipinski definition) is 0. The number of carbonyl (C=O) groups is 1. The number of nitrogens with zero attached hydrogens (tertiary/aromatic N) is 2. The Balaban J connectivity index is 3.48. The van der Waals surface area contributed by atoms with Gasteiger partial charge in [-0.3, -0.25) is 0 Å². The molecule has 0 bridgehead atoms. The van der Waals surface area contributed by atoms with E-state index in [1.54, 1.807) is 0 Å². The average Bonchev–Trinajstić information content (AvgIpc) is 2.27. The van der Waals surface area contributed by atoms with Crippen molar-refractivity contribution in [3.8, 4) is 0 Å². The SMILES string of the molecule is COC(=O)c1cc([N+](=O)[O-])nc(C(F)F)c1C. The van der Waals surface area contributed by atoms with Gasteiger partial charge in [-0.1, -0.05) is 0 Å². The first kappa shape index (κ1) is 12.9. The van der Waals surface area contributed by atoms with E-state index in [0.717, 1.165) is 13.2 Å². The van der Waals surface area contributed by atoms with E-state index >= 15 is 0 Å². The summed E-state index contributed by atoms with van der Waals surface area (Å²) in [7, 11) is 1.05. The molecule has 0 fully saturated rings. The minimum absolute atomic E-state index is 0.127. The van der Waals surface area contributed by atoms with Gasteiger partial charge in [0.05, 0.1) is 18.7 Å². The molecule has 92 valence electrons. The van der Waals surface area contributed by atoms with Gasteiger partial charge >= 0.3 is 18.2 Å². The maximum Gasteiger partial charge on any atom is 0.364 e. The molecule has 0 atom stereocenters. The van der Waals surface area contributed by atoms with Crippen molar-refractivity contribution in [2.24, 2.45) is 0 Å². The topological polar surface area (TPSA) is 82.3 Å². The van der Waals surface area contributed by atoms with Gasteiger partial charge in [-0.25, -0.2) is 13.6 Å². The lowest BCUT2D eigenvalue weighted by molar-refractivity contribution is -0.389. The minimum Gasteiger partial charge on any atom is -0.465 e. The fourth-order valence-electron chi connectivity index (χ4n) is 1.24. The van der Waals surface area contributed by atoms with Crippen molar-refractivity contribution in [2.75, 3.05) is 7.11 Å². The van der Waals surface area contributed by atoms with Crippen molar-refractivity contribution in [1.82, 2.24) is 4.98 Å². The summed E-state index contributed by atoms with van der Waals surface area (Å²) in [5.74, 6) is -1.74. The highest BCUT2D eigenvalue weighted by atomic mass is 19.3. The van der Waals surface area contributed by atoms with Gasteiger partial charge in [0, 0.05) is 5.56 Å². The number of esters is 1. The summed E-state index contributed by atoms with van der Waals surface area (Å²) < 4.78 is 29.5. The Hall–Kier alpha value is -2.12. The molecule has 0 spiro atoms. The van der Waals surface area contributed by atoms with Crippen molar-refractivity contribution in [3.05, 3.63) is 33.0 Å². The summed E-state index contributed by atoms with van der Waals surface area (Å²) in [6, 6.07) is 0.813. The van der Waals surface area contributed by atoms with E-state index < -0.39 is 28.8 Å². The Kier molecular flexibility index (Phi) is 3.66. The second-order valence-electron chi connectivity index (χ2n) is 3.09. The molecule has 0 aliphatic heterocycles. The zero-order valence-corrected chi connectivity index (χ0v) is 8.94. The van der Waals surface area contributed by atoms with Crippen LogP contribution in [-0.2, 0) is 4.74 Å². The number of hydrogen-bond acceptors (Lipinski definition) is 5. The Morgan fingerprint density at radius 2 is 2.18 bits per heavy atom. The predicted molar refractivity (Wildman–Crippen MR) is 51.9 cm³/mol. The van der Waals surface area contributed by atoms with Gasteiger partial charge in [0.1, 0.15) is 0 Å². The van der Waals surface area contributed by atoms with Crippen LogP contribution in [0.25, 0.3) is 0 Å². The second-order valence-corrected chi connectivity index (χ2v) is 3.09. The fourth-order valence-corrected chi connectivity index (χ4v) is 1.24. The molecule has 1 rings (SSSR count). The molecule has 1 aromatic heterocycles. The highest BCUT2D eigenvalue weighted by molar-refractivity contribution is 5.91. The van der Waals surface area contributed by atoms with Crippen LogP contribution >= 0.6 is 0 Å². The number of nitro groups is 1. The fraction of sp³-hybridized carbons (Fsp3) is 0.333. The largest absolute Gasteiger partial charge is 0.465 e. The van der Waals surface area contributed by atoms with E-state index in [9.17, 15) is 23.7 Å². The summed E-state index contributed by atoms with van der Waals surface area (Å²) >= 11 is 0. The van der Waals surface area contributed by atoms with E-state index in [2.05, 4.69) is 9.72 Å². The monoisotopic (exact) mass is 246 g/mol. The molecule has 0 aliphatic carbocycles. The number of pyridine rings is 1. The predicted octanol–water partition coefficient (Wildman–Crippen LogP) is 2.02. The van der Waals surface area contributed by atoms with E-state index in [-0.39, 0.29) is 11.1 Å². The second kappa shape index (κ2) is 4.81. The van der Waals surface area contributed by atoms with Crippen LogP contribution in [0.15, 0.2) is 6.07 Å². The van der Waals surface area contributed by atoms with Gasteiger partial charge in [-0.05, 0) is 16.8 Å². The molecule has 0 saturated heterocycles. The standard InChI is InChI=1S/C9H8F2N2O4/c1-4-5(9(14)17-2)3-6(13(15)16)12-7(4)8(10)11/h3,8H,1-2H3. The van der Waals surface area contributed by atoms with Crippen LogP contribution < -0.4 is 0 Å². The van der Waals surface area contributed by atoms with Crippen molar-refractivity contribution < 1.29 is 23.2 Å². The average molecular weight is 246 g/mol. The highest BCUT2D eigenvalue weighted by Gasteiger charge is 2.27. The highest BCUT2D eigenvalue weighted by Crippen LogP contribution is 2.26. The number of halogens is 2. The quantitative estimate of drug-likeness (QED) is 0.463. The minimum atomic E-state index is -3.00. The molecular weight excluding hydrogens is 238 g/mol. The van der Waals surface area contributed by atoms with Crippen LogP contribution in [-0.4, -0.2) is 23.0 Å². The van der Waals surface area contributed by atoms with Crippen LogP contribution in [0.3, 0.4) is 0 Å². The van der Waals surface area contributed by atoms with Gasteiger partial charge in [-0.2, -0.15) is 0 Å². The molecule has 0 aliphatic rings. The van der Waals surface area contributed by atoms with E-state index in [1.165, 1.54) is 6.92 Å². The number of rotatable bonds is 3. The van der Waals surface area contributed by atoms with Gasteiger partial charge < -0.3 is 14.9 Å². The van der Waals surface area contributed by atoms with Crippen molar-refractivity contribution >= 4 is 11.8 Å². The van der Waals surface area contributed by atoms with Crippen LogP contribution in [0.2, 0.25) is 0 Å². The van der Waals surface area contributed by atoms with E-state index in [1.807, 2.05) is 0 Å². The van der Waals surface area contributed by atoms with E-state index in [0.29, 0.717) is 0 Å². The molecule has 0 saturated carbocycles. The first-order valence-electron chi connectivity index (χ1n) is 4.40. The third-order valence-corrected chi connectivity index (χ3v) is 2.10. The van der Waals surface area contributed by atoms with Crippen molar-refractivity contribution in [3.63, 3.8) is 0 Å². The molecule has 0 radical (unpaired) electrons. The molecule has 1 aromatic rings. The zero-order valence-electron chi connectivity index (χ0n) is 8.94. The Bertz CT molecular complexity index is 476. The molecule has 0 N–H and O–H groups in total.